The third kappa shape index (κ3) is 4.78. The highest BCUT2D eigenvalue weighted by Gasteiger charge is 2.28. The number of nitro groups is 1. The minimum absolute atomic E-state index is 0.0600. The number of amides is 1. The Morgan fingerprint density at radius 1 is 1.32 bits per heavy atom. The molecule has 25 heavy (non-hydrogen) atoms. The van der Waals surface area contributed by atoms with Crippen molar-refractivity contribution in [3.05, 3.63) is 39.4 Å². The lowest BCUT2D eigenvalue weighted by Gasteiger charge is -2.34. The van der Waals surface area contributed by atoms with Crippen LogP contribution in [0, 0.1) is 28.9 Å². The van der Waals surface area contributed by atoms with E-state index >= 15 is 0 Å². The van der Waals surface area contributed by atoms with Crippen molar-refractivity contribution in [3.8, 4) is 0 Å². The Balaban J connectivity index is 1.90. The van der Waals surface area contributed by atoms with E-state index in [0.717, 1.165) is 19.3 Å². The van der Waals surface area contributed by atoms with E-state index in [2.05, 4.69) is 19.2 Å². The molecule has 1 aromatic rings. The lowest BCUT2D eigenvalue weighted by Crippen LogP contribution is -2.45. The van der Waals surface area contributed by atoms with Gasteiger partial charge in [-0.3, -0.25) is 14.9 Å². The van der Waals surface area contributed by atoms with Crippen LogP contribution in [-0.4, -0.2) is 29.4 Å². The predicted octanol–water partition coefficient (Wildman–Crippen LogP) is 3.00. The number of nitro benzene ring substituents is 1. The molecule has 1 aliphatic carbocycles. The maximum absolute atomic E-state index is 12.0. The van der Waals surface area contributed by atoms with Crippen LogP contribution in [0.4, 0.5) is 5.69 Å². The van der Waals surface area contributed by atoms with Gasteiger partial charge in [0.15, 0.2) is 6.61 Å². The molecule has 1 saturated carbocycles. The molecule has 0 saturated heterocycles. The Bertz CT molecular complexity index is 673. The van der Waals surface area contributed by atoms with Crippen molar-refractivity contribution < 1.29 is 19.2 Å². The molecular weight excluding hydrogens is 324 g/mol. The minimum atomic E-state index is -0.747. The normalized spacial score (nSPS) is 22.9. The molecule has 136 valence electrons. The van der Waals surface area contributed by atoms with Crippen LogP contribution in [0.25, 0.3) is 0 Å². The van der Waals surface area contributed by atoms with Gasteiger partial charge in [-0.15, -0.1) is 0 Å². The zero-order valence-corrected chi connectivity index (χ0v) is 14.8. The van der Waals surface area contributed by atoms with E-state index in [0.29, 0.717) is 17.4 Å². The molecule has 1 aromatic carbocycles. The number of nitrogens with zero attached hydrogens (tertiary/aromatic N) is 1. The maximum Gasteiger partial charge on any atom is 0.338 e. The third-order valence-electron chi connectivity index (χ3n) is 5.03. The third-order valence-corrected chi connectivity index (χ3v) is 5.03. The van der Waals surface area contributed by atoms with Crippen molar-refractivity contribution >= 4 is 17.6 Å². The lowest BCUT2D eigenvalue weighted by atomic mass is 9.78. The SMILES string of the molecule is Cc1ccc(C(=O)OCC(=O)N[C@H]2CCC[C@H](C)[C@@H]2C)cc1[N+](=O)[O-]. The summed E-state index contributed by atoms with van der Waals surface area (Å²) in [6.45, 7) is 5.49. The first-order valence-electron chi connectivity index (χ1n) is 8.51. The summed E-state index contributed by atoms with van der Waals surface area (Å²) in [6, 6.07) is 4.20. The van der Waals surface area contributed by atoms with E-state index in [-0.39, 0.29) is 23.2 Å². The van der Waals surface area contributed by atoms with Crippen molar-refractivity contribution in [1.82, 2.24) is 5.32 Å². The van der Waals surface area contributed by atoms with Gasteiger partial charge in [-0.1, -0.05) is 32.8 Å². The molecule has 1 N–H and O–H groups in total. The smallest absolute Gasteiger partial charge is 0.338 e. The minimum Gasteiger partial charge on any atom is -0.452 e. The molecule has 1 fully saturated rings. The molecule has 0 spiro atoms. The summed E-state index contributed by atoms with van der Waals surface area (Å²) in [5, 5.41) is 13.9. The zero-order valence-electron chi connectivity index (χ0n) is 14.8. The second kappa shape index (κ2) is 8.09. The average molecular weight is 348 g/mol. The lowest BCUT2D eigenvalue weighted by molar-refractivity contribution is -0.385. The molecule has 3 atom stereocenters. The van der Waals surface area contributed by atoms with E-state index in [1.165, 1.54) is 18.2 Å². The second-order valence-electron chi connectivity index (χ2n) is 6.78. The van der Waals surface area contributed by atoms with Crippen LogP contribution in [0.1, 0.15) is 49.0 Å². The van der Waals surface area contributed by atoms with Gasteiger partial charge in [-0.2, -0.15) is 0 Å². The number of carbonyl (C=O) groups excluding carboxylic acids is 2. The van der Waals surface area contributed by atoms with Gasteiger partial charge in [0.2, 0.25) is 0 Å². The number of rotatable bonds is 5. The standard InChI is InChI=1S/C18H24N2O5/c1-11-5-4-6-15(13(11)3)19-17(21)10-25-18(22)14-8-7-12(2)16(9-14)20(23)24/h7-9,11,13,15H,4-6,10H2,1-3H3,(H,19,21)/t11-,13-,15-/m0/s1. The summed E-state index contributed by atoms with van der Waals surface area (Å²) >= 11 is 0. The van der Waals surface area contributed by atoms with Crippen LogP contribution in [0.5, 0.6) is 0 Å². The Kier molecular flexibility index (Phi) is 6.12. The number of esters is 1. The van der Waals surface area contributed by atoms with Crippen LogP contribution < -0.4 is 5.32 Å². The van der Waals surface area contributed by atoms with Crippen molar-refractivity contribution in [3.63, 3.8) is 0 Å². The van der Waals surface area contributed by atoms with Crippen LogP contribution >= 0.6 is 0 Å². The molecule has 1 aliphatic rings. The molecule has 0 aliphatic heterocycles. The van der Waals surface area contributed by atoms with Gasteiger partial charge in [0.05, 0.1) is 10.5 Å². The van der Waals surface area contributed by atoms with Crippen LogP contribution in [0.2, 0.25) is 0 Å². The summed E-state index contributed by atoms with van der Waals surface area (Å²) < 4.78 is 4.99. The molecular formula is C18H24N2O5. The highest BCUT2D eigenvalue weighted by atomic mass is 16.6. The molecule has 2 rings (SSSR count). The van der Waals surface area contributed by atoms with Crippen molar-refractivity contribution in [2.45, 2.75) is 46.1 Å². The molecule has 0 bridgehead atoms. The Hall–Kier alpha value is -2.44. The highest BCUT2D eigenvalue weighted by Crippen LogP contribution is 2.29. The number of hydrogen-bond donors (Lipinski definition) is 1. The van der Waals surface area contributed by atoms with E-state index in [1.807, 2.05) is 0 Å². The largest absolute Gasteiger partial charge is 0.452 e. The maximum atomic E-state index is 12.0. The van der Waals surface area contributed by atoms with Gasteiger partial charge in [0, 0.05) is 17.7 Å². The molecule has 0 heterocycles. The quantitative estimate of drug-likeness (QED) is 0.501. The van der Waals surface area contributed by atoms with Gasteiger partial charge in [0.1, 0.15) is 0 Å². The summed E-state index contributed by atoms with van der Waals surface area (Å²) in [6.07, 6.45) is 3.16. The number of nitrogens with one attached hydrogen (secondary N) is 1. The zero-order chi connectivity index (χ0) is 18.6. The van der Waals surface area contributed by atoms with Crippen LogP contribution in [0.15, 0.2) is 18.2 Å². The van der Waals surface area contributed by atoms with Gasteiger partial charge in [-0.25, -0.2) is 4.79 Å². The van der Waals surface area contributed by atoms with Crippen LogP contribution in [0.3, 0.4) is 0 Å². The first-order valence-corrected chi connectivity index (χ1v) is 8.51. The summed E-state index contributed by atoms with van der Waals surface area (Å²) in [7, 11) is 0. The number of ether oxygens (including phenoxy) is 1. The first-order chi connectivity index (χ1) is 11.8. The fourth-order valence-corrected chi connectivity index (χ4v) is 3.18. The molecule has 7 heteroatoms. The molecule has 0 unspecified atom stereocenters. The van der Waals surface area contributed by atoms with Gasteiger partial charge < -0.3 is 10.1 Å². The van der Waals surface area contributed by atoms with E-state index in [1.54, 1.807) is 6.92 Å². The number of aryl methyl sites for hydroxylation is 1. The summed E-state index contributed by atoms with van der Waals surface area (Å²) in [5.41, 5.74) is 0.369. The van der Waals surface area contributed by atoms with E-state index in [9.17, 15) is 19.7 Å². The van der Waals surface area contributed by atoms with Crippen LogP contribution in [-0.2, 0) is 9.53 Å². The first kappa shape index (κ1) is 18.9. The Morgan fingerprint density at radius 2 is 2.04 bits per heavy atom. The van der Waals surface area contributed by atoms with E-state index < -0.39 is 17.5 Å². The average Bonchev–Trinajstić information content (AvgIpc) is 2.57. The predicted molar refractivity (Wildman–Crippen MR) is 92.2 cm³/mol. The number of hydrogen-bond acceptors (Lipinski definition) is 5. The second-order valence-corrected chi connectivity index (χ2v) is 6.78. The van der Waals surface area contributed by atoms with Crippen molar-refractivity contribution in [2.24, 2.45) is 11.8 Å². The number of carbonyl (C=O) groups is 2. The van der Waals surface area contributed by atoms with E-state index in [4.69, 9.17) is 4.74 Å². The van der Waals surface area contributed by atoms with Crippen molar-refractivity contribution in [1.29, 1.82) is 0 Å². The monoisotopic (exact) mass is 348 g/mol. The van der Waals surface area contributed by atoms with Gasteiger partial charge in [0.25, 0.3) is 11.6 Å². The topological polar surface area (TPSA) is 98.5 Å². The Labute approximate surface area is 146 Å². The van der Waals surface area contributed by atoms with Gasteiger partial charge >= 0.3 is 5.97 Å². The molecule has 7 nitrogen and oxygen atoms in total. The summed E-state index contributed by atoms with van der Waals surface area (Å²) in [5.74, 6) is -0.160. The fraction of sp³-hybridized carbons (Fsp3) is 0.556. The van der Waals surface area contributed by atoms with Gasteiger partial charge in [-0.05, 0) is 31.2 Å². The van der Waals surface area contributed by atoms with Crippen molar-refractivity contribution in [2.75, 3.05) is 6.61 Å². The fourth-order valence-electron chi connectivity index (χ4n) is 3.18. The molecule has 0 radical (unpaired) electrons. The summed E-state index contributed by atoms with van der Waals surface area (Å²) in [4.78, 5) is 34.4. The molecule has 1 amide bonds. The Morgan fingerprint density at radius 3 is 2.72 bits per heavy atom. The highest BCUT2D eigenvalue weighted by molar-refractivity contribution is 5.92. The molecule has 0 aromatic heterocycles. The number of benzene rings is 1.